The van der Waals surface area contributed by atoms with E-state index in [1.54, 1.807) is 40.4 Å². The van der Waals surface area contributed by atoms with Crippen LogP contribution in [0.4, 0.5) is 0 Å². The molecule has 1 saturated heterocycles. The van der Waals surface area contributed by atoms with Crippen molar-refractivity contribution in [3.05, 3.63) is 89.0 Å². The van der Waals surface area contributed by atoms with Crippen molar-refractivity contribution in [2.45, 2.75) is 12.8 Å². The largest absolute Gasteiger partial charge is 0.493 e. The number of rotatable bonds is 7. The lowest BCUT2D eigenvalue weighted by molar-refractivity contribution is -0.132. The lowest BCUT2D eigenvalue weighted by Gasteiger charge is -2.34. The van der Waals surface area contributed by atoms with E-state index in [0.717, 1.165) is 12.0 Å². The van der Waals surface area contributed by atoms with Gasteiger partial charge in [-0.3, -0.25) is 9.59 Å². The maximum absolute atomic E-state index is 13.0. The average molecular weight is 465 g/mol. The fourth-order valence-electron chi connectivity index (χ4n) is 3.71. The molecule has 0 aliphatic carbocycles. The molecule has 0 saturated carbocycles. The minimum atomic E-state index is -0.0613. The summed E-state index contributed by atoms with van der Waals surface area (Å²) in [7, 11) is 0. The number of carbonyl (C=O) groups is 2. The van der Waals surface area contributed by atoms with Crippen LogP contribution in [-0.4, -0.2) is 64.4 Å². The molecule has 0 bridgehead atoms. The van der Waals surface area contributed by atoms with Gasteiger partial charge >= 0.3 is 0 Å². The van der Waals surface area contributed by atoms with Crippen LogP contribution < -0.4 is 4.74 Å². The number of carbonyl (C=O) groups excluding carboxylic acids is 2. The number of amides is 2. The topological polar surface area (TPSA) is 75.6 Å². The Morgan fingerprint density at radius 1 is 0.909 bits per heavy atom. The predicted octanol–water partition coefficient (Wildman–Crippen LogP) is 3.28. The highest BCUT2D eigenvalue weighted by Gasteiger charge is 2.25. The highest BCUT2D eigenvalue weighted by molar-refractivity contribution is 6.30. The first-order chi connectivity index (χ1) is 16.1. The summed E-state index contributed by atoms with van der Waals surface area (Å²) in [5, 5.41) is 0.704. The number of aromatic nitrogens is 2. The highest BCUT2D eigenvalue weighted by Crippen LogP contribution is 2.17. The van der Waals surface area contributed by atoms with Gasteiger partial charge in [0.1, 0.15) is 11.6 Å². The van der Waals surface area contributed by atoms with E-state index in [0.29, 0.717) is 54.9 Å². The van der Waals surface area contributed by atoms with Crippen molar-refractivity contribution in [2.75, 3.05) is 32.8 Å². The van der Waals surface area contributed by atoms with Crippen LogP contribution in [0.3, 0.4) is 0 Å². The summed E-state index contributed by atoms with van der Waals surface area (Å²) >= 11 is 6.02. The second-order valence-electron chi connectivity index (χ2n) is 7.77. The molecule has 0 atom stereocenters. The Balaban J connectivity index is 1.27. The minimum Gasteiger partial charge on any atom is -0.493 e. The number of halogens is 1. The van der Waals surface area contributed by atoms with E-state index in [4.69, 9.17) is 16.3 Å². The molecule has 0 radical (unpaired) electrons. The van der Waals surface area contributed by atoms with E-state index in [-0.39, 0.29) is 18.2 Å². The van der Waals surface area contributed by atoms with E-state index >= 15 is 0 Å². The molecule has 8 heteroatoms. The van der Waals surface area contributed by atoms with Gasteiger partial charge < -0.3 is 14.5 Å². The average Bonchev–Trinajstić information content (AvgIpc) is 2.84. The molecule has 0 N–H and O–H groups in total. The van der Waals surface area contributed by atoms with Crippen molar-refractivity contribution in [1.82, 2.24) is 19.8 Å². The molecule has 2 amide bonds. The molecule has 170 valence electrons. The maximum atomic E-state index is 13.0. The summed E-state index contributed by atoms with van der Waals surface area (Å²) in [6, 6.07) is 16.6. The lowest BCUT2D eigenvalue weighted by Crippen LogP contribution is -2.51. The molecule has 2 heterocycles. The Bertz CT molecular complexity index is 1100. The van der Waals surface area contributed by atoms with Crippen LogP contribution in [0.15, 0.2) is 67.0 Å². The van der Waals surface area contributed by atoms with Crippen LogP contribution >= 0.6 is 11.6 Å². The van der Waals surface area contributed by atoms with E-state index in [1.165, 1.54) is 0 Å². The van der Waals surface area contributed by atoms with Gasteiger partial charge in [0.2, 0.25) is 5.91 Å². The number of hydrogen-bond acceptors (Lipinski definition) is 5. The summed E-state index contributed by atoms with van der Waals surface area (Å²) in [5.74, 6) is 1.07. The fraction of sp³-hybridized carbons (Fsp3) is 0.280. The van der Waals surface area contributed by atoms with Gasteiger partial charge in [0.05, 0.1) is 13.0 Å². The van der Waals surface area contributed by atoms with E-state index < -0.39 is 0 Å². The smallest absolute Gasteiger partial charge is 0.254 e. The zero-order valence-electron chi connectivity index (χ0n) is 18.2. The second-order valence-corrected chi connectivity index (χ2v) is 8.21. The van der Waals surface area contributed by atoms with Crippen LogP contribution in [0.25, 0.3) is 0 Å². The molecule has 1 aliphatic heterocycles. The zero-order chi connectivity index (χ0) is 23.0. The van der Waals surface area contributed by atoms with Gasteiger partial charge in [-0.15, -0.1) is 0 Å². The van der Waals surface area contributed by atoms with Gasteiger partial charge in [-0.25, -0.2) is 9.97 Å². The van der Waals surface area contributed by atoms with Crippen LogP contribution in [0.1, 0.15) is 21.7 Å². The first kappa shape index (κ1) is 22.7. The maximum Gasteiger partial charge on any atom is 0.254 e. The molecule has 1 aromatic heterocycles. The van der Waals surface area contributed by atoms with Crippen molar-refractivity contribution in [3.8, 4) is 5.75 Å². The fourth-order valence-corrected chi connectivity index (χ4v) is 3.92. The van der Waals surface area contributed by atoms with Crippen molar-refractivity contribution in [1.29, 1.82) is 0 Å². The van der Waals surface area contributed by atoms with Crippen molar-refractivity contribution < 1.29 is 14.3 Å². The Labute approximate surface area is 198 Å². The summed E-state index contributed by atoms with van der Waals surface area (Å²) in [6.45, 7) is 2.45. The van der Waals surface area contributed by atoms with Gasteiger partial charge in [-0.05, 0) is 42.0 Å². The molecular formula is C25H25ClN4O3. The van der Waals surface area contributed by atoms with Gasteiger partial charge in [0, 0.05) is 55.6 Å². The molecule has 1 aliphatic rings. The van der Waals surface area contributed by atoms with Crippen LogP contribution in [0, 0.1) is 0 Å². The standard InChI is InChI=1S/C25H25ClN4O3/c26-21-6-1-4-19(16-21)8-15-33-22-7-2-5-20(17-22)25(32)30-13-11-29(12-14-30)24(31)18-23-27-9-3-10-28-23/h1-7,9-10,16-17H,8,11-15,18H2. The van der Waals surface area contributed by atoms with Gasteiger partial charge in [-0.2, -0.15) is 0 Å². The predicted molar refractivity (Wildman–Crippen MR) is 125 cm³/mol. The minimum absolute atomic E-state index is 0.0246. The van der Waals surface area contributed by atoms with Gasteiger partial charge in [0.25, 0.3) is 5.91 Å². The number of piperazine rings is 1. The highest BCUT2D eigenvalue weighted by atomic mass is 35.5. The van der Waals surface area contributed by atoms with E-state index in [9.17, 15) is 9.59 Å². The number of nitrogens with zero attached hydrogens (tertiary/aromatic N) is 4. The molecule has 1 fully saturated rings. The Morgan fingerprint density at radius 3 is 2.39 bits per heavy atom. The third kappa shape index (κ3) is 6.29. The normalized spacial score (nSPS) is 13.6. The molecule has 33 heavy (non-hydrogen) atoms. The van der Waals surface area contributed by atoms with Crippen molar-refractivity contribution in [2.24, 2.45) is 0 Å². The molecule has 0 unspecified atom stereocenters. The Kier molecular flexibility index (Phi) is 7.52. The quantitative estimate of drug-likeness (QED) is 0.536. The van der Waals surface area contributed by atoms with Crippen LogP contribution in [0.5, 0.6) is 5.75 Å². The monoisotopic (exact) mass is 464 g/mol. The number of ether oxygens (including phenoxy) is 1. The lowest BCUT2D eigenvalue weighted by atomic mass is 10.1. The second kappa shape index (κ2) is 10.9. The third-order valence-corrected chi connectivity index (χ3v) is 5.71. The van der Waals surface area contributed by atoms with Crippen LogP contribution in [-0.2, 0) is 17.6 Å². The van der Waals surface area contributed by atoms with E-state index in [2.05, 4.69) is 9.97 Å². The summed E-state index contributed by atoms with van der Waals surface area (Å²) in [5.41, 5.74) is 1.67. The Morgan fingerprint density at radius 2 is 1.64 bits per heavy atom. The summed E-state index contributed by atoms with van der Waals surface area (Å²) in [6.07, 6.45) is 4.15. The first-order valence-corrected chi connectivity index (χ1v) is 11.3. The molecule has 4 rings (SSSR count). The molecule has 0 spiro atoms. The first-order valence-electron chi connectivity index (χ1n) is 10.9. The summed E-state index contributed by atoms with van der Waals surface area (Å²) < 4.78 is 5.85. The van der Waals surface area contributed by atoms with Crippen molar-refractivity contribution in [3.63, 3.8) is 0 Å². The molecular weight excluding hydrogens is 440 g/mol. The molecule has 2 aromatic carbocycles. The SMILES string of the molecule is O=C(Cc1ncccn1)N1CCN(C(=O)c2cccc(OCCc3cccc(Cl)c3)c2)CC1. The third-order valence-electron chi connectivity index (χ3n) is 5.48. The van der Waals surface area contributed by atoms with Gasteiger partial charge in [0.15, 0.2) is 0 Å². The summed E-state index contributed by atoms with van der Waals surface area (Å²) in [4.78, 5) is 37.2. The molecule has 3 aromatic rings. The van der Waals surface area contributed by atoms with Gasteiger partial charge in [-0.1, -0.05) is 29.8 Å². The van der Waals surface area contributed by atoms with Crippen LogP contribution in [0.2, 0.25) is 5.02 Å². The number of hydrogen-bond donors (Lipinski definition) is 0. The zero-order valence-corrected chi connectivity index (χ0v) is 18.9. The van der Waals surface area contributed by atoms with Crippen molar-refractivity contribution >= 4 is 23.4 Å². The molecule has 7 nitrogen and oxygen atoms in total. The van der Waals surface area contributed by atoms with E-state index in [1.807, 2.05) is 36.4 Å². The number of benzene rings is 2. The Hall–Kier alpha value is -3.45.